The molecule has 0 aliphatic rings. The third-order valence-electron chi connectivity index (χ3n) is 3.87. The molecule has 1 aromatic carbocycles. The fourth-order valence-electron chi connectivity index (χ4n) is 2.42. The molecule has 0 saturated carbocycles. The molecule has 0 radical (unpaired) electrons. The van der Waals surface area contributed by atoms with Gasteiger partial charge in [0.05, 0.1) is 19.1 Å². The Bertz CT molecular complexity index is 748. The molecule has 0 bridgehead atoms. The lowest BCUT2D eigenvalue weighted by Gasteiger charge is -2.26. The molecule has 0 aliphatic heterocycles. The molecular weight excluding hydrogens is 362 g/mol. The second-order valence-electron chi connectivity index (χ2n) is 5.54. The predicted molar refractivity (Wildman–Crippen MR) is 90.2 cm³/mol. The van der Waals surface area contributed by atoms with E-state index in [-0.39, 0.29) is 11.3 Å². The number of carbonyl (C=O) groups is 4. The molecular formula is C16H19N3O8. The number of primary amides is 1. The summed E-state index contributed by atoms with van der Waals surface area (Å²) in [6.07, 6.45) is 0. The van der Waals surface area contributed by atoms with Crippen LogP contribution in [0.5, 0.6) is 0 Å². The van der Waals surface area contributed by atoms with Crippen LogP contribution in [-0.4, -0.2) is 48.9 Å². The van der Waals surface area contributed by atoms with Crippen molar-refractivity contribution in [2.24, 2.45) is 17.6 Å². The third kappa shape index (κ3) is 5.23. The van der Waals surface area contributed by atoms with Crippen molar-refractivity contribution in [3.63, 3.8) is 0 Å². The average molecular weight is 381 g/mol. The number of nitrogens with two attached hydrogens (primary N) is 1. The number of nitrogens with zero attached hydrogens (tertiary/aromatic N) is 1. The zero-order chi connectivity index (χ0) is 20.7. The number of ether oxygens (including phenoxy) is 2. The van der Waals surface area contributed by atoms with Crippen LogP contribution >= 0.6 is 0 Å². The lowest BCUT2D eigenvalue weighted by molar-refractivity contribution is -0.384. The minimum absolute atomic E-state index is 0.102. The van der Waals surface area contributed by atoms with Gasteiger partial charge in [-0.15, -0.1) is 0 Å². The van der Waals surface area contributed by atoms with Gasteiger partial charge in [-0.05, 0) is 6.07 Å². The Labute approximate surface area is 153 Å². The Hall–Kier alpha value is -3.50. The van der Waals surface area contributed by atoms with Crippen molar-refractivity contribution in [2.75, 3.05) is 14.2 Å². The topological polar surface area (TPSA) is 168 Å². The molecule has 0 spiro atoms. The second kappa shape index (κ2) is 9.27. The number of methoxy groups -OCH3 is 2. The summed E-state index contributed by atoms with van der Waals surface area (Å²) in [5.41, 5.74) is 4.87. The summed E-state index contributed by atoms with van der Waals surface area (Å²) in [6, 6.07) is 3.34. The van der Waals surface area contributed by atoms with Gasteiger partial charge in [0.1, 0.15) is 6.04 Å². The van der Waals surface area contributed by atoms with Gasteiger partial charge in [0.15, 0.2) is 5.92 Å². The van der Waals surface area contributed by atoms with Crippen molar-refractivity contribution in [1.82, 2.24) is 5.32 Å². The Balaban J connectivity index is 3.14. The normalized spacial score (nSPS) is 12.6. The molecule has 11 nitrogen and oxygen atoms in total. The van der Waals surface area contributed by atoms with Gasteiger partial charge in [-0.3, -0.25) is 29.3 Å². The molecule has 3 N–H and O–H groups in total. The highest BCUT2D eigenvalue weighted by atomic mass is 16.6. The van der Waals surface area contributed by atoms with Crippen molar-refractivity contribution in [3.8, 4) is 0 Å². The predicted octanol–water partition coefficient (Wildman–Crippen LogP) is -0.223. The largest absolute Gasteiger partial charge is 0.468 e. The molecule has 0 fully saturated rings. The minimum atomic E-state index is -1.51. The number of carbonyl (C=O) groups excluding carboxylic acids is 4. The zero-order valence-electron chi connectivity index (χ0n) is 14.8. The fourth-order valence-corrected chi connectivity index (χ4v) is 2.42. The third-order valence-corrected chi connectivity index (χ3v) is 3.87. The van der Waals surface area contributed by atoms with Crippen LogP contribution in [0.4, 0.5) is 5.69 Å². The van der Waals surface area contributed by atoms with Gasteiger partial charge in [0.25, 0.3) is 11.6 Å². The van der Waals surface area contributed by atoms with Crippen molar-refractivity contribution >= 4 is 29.4 Å². The summed E-state index contributed by atoms with van der Waals surface area (Å²) in [5.74, 6) is -6.41. The van der Waals surface area contributed by atoms with E-state index in [0.717, 1.165) is 20.3 Å². The number of hydrogen-bond donors (Lipinski definition) is 2. The quantitative estimate of drug-likeness (QED) is 0.269. The molecule has 0 aliphatic carbocycles. The number of hydrogen-bond acceptors (Lipinski definition) is 8. The number of non-ortho nitro benzene ring substituents is 1. The molecule has 2 amide bonds. The maximum absolute atomic E-state index is 12.4. The van der Waals surface area contributed by atoms with Gasteiger partial charge in [-0.2, -0.15) is 0 Å². The van der Waals surface area contributed by atoms with Gasteiger partial charge in [-0.1, -0.05) is 13.0 Å². The number of amides is 2. The van der Waals surface area contributed by atoms with E-state index < -0.39 is 46.6 Å². The highest BCUT2D eigenvalue weighted by Gasteiger charge is 2.41. The molecule has 0 heterocycles. The molecule has 2 atom stereocenters. The molecule has 1 rings (SSSR count). The first-order valence-electron chi connectivity index (χ1n) is 7.64. The standard InChI is InChI=1S/C16H19N3O8/c1-8(11(15(22)26-2)16(23)27-3)12(13(17)20)18-14(21)9-5-4-6-10(7-9)19(24)25/h4-8,11-12H,1-3H3,(H2,17,20)(H,18,21)/t8-,12-/m0/s1. The Kier molecular flexibility index (Phi) is 7.39. The molecule has 0 aromatic heterocycles. The molecule has 27 heavy (non-hydrogen) atoms. The first-order chi connectivity index (χ1) is 12.6. The van der Waals surface area contributed by atoms with Crippen LogP contribution in [-0.2, 0) is 23.9 Å². The average Bonchev–Trinajstić information content (AvgIpc) is 2.65. The number of benzene rings is 1. The fraction of sp³-hybridized carbons (Fsp3) is 0.375. The van der Waals surface area contributed by atoms with E-state index in [1.807, 2.05) is 0 Å². The van der Waals surface area contributed by atoms with E-state index in [9.17, 15) is 29.3 Å². The summed E-state index contributed by atoms with van der Waals surface area (Å²) in [5, 5.41) is 13.1. The van der Waals surface area contributed by atoms with Crippen LogP contribution in [0.2, 0.25) is 0 Å². The first-order valence-corrected chi connectivity index (χ1v) is 7.64. The number of nitro groups is 1. The van der Waals surface area contributed by atoms with E-state index in [1.165, 1.54) is 25.1 Å². The summed E-state index contributed by atoms with van der Waals surface area (Å²) >= 11 is 0. The zero-order valence-corrected chi connectivity index (χ0v) is 14.8. The summed E-state index contributed by atoms with van der Waals surface area (Å²) in [6.45, 7) is 1.33. The van der Waals surface area contributed by atoms with Gasteiger partial charge in [-0.25, -0.2) is 0 Å². The number of rotatable bonds is 8. The van der Waals surface area contributed by atoms with E-state index in [1.54, 1.807) is 0 Å². The highest BCUT2D eigenvalue weighted by molar-refractivity contribution is 5.99. The summed E-state index contributed by atoms with van der Waals surface area (Å²) < 4.78 is 9.08. The van der Waals surface area contributed by atoms with Crippen LogP contribution in [0, 0.1) is 22.0 Å². The van der Waals surface area contributed by atoms with Crippen LogP contribution in [0.3, 0.4) is 0 Å². The first kappa shape index (κ1) is 21.5. The maximum atomic E-state index is 12.4. The summed E-state index contributed by atoms with van der Waals surface area (Å²) in [4.78, 5) is 58.1. The number of esters is 2. The van der Waals surface area contributed by atoms with E-state index in [2.05, 4.69) is 14.8 Å². The maximum Gasteiger partial charge on any atom is 0.320 e. The Morgan fingerprint density at radius 1 is 1.15 bits per heavy atom. The molecule has 146 valence electrons. The van der Waals surface area contributed by atoms with Crippen LogP contribution in [0.25, 0.3) is 0 Å². The van der Waals surface area contributed by atoms with Crippen molar-refractivity contribution in [2.45, 2.75) is 13.0 Å². The van der Waals surface area contributed by atoms with Crippen LogP contribution in [0.15, 0.2) is 24.3 Å². The molecule has 0 unspecified atom stereocenters. The second-order valence-corrected chi connectivity index (χ2v) is 5.54. The van der Waals surface area contributed by atoms with E-state index in [4.69, 9.17) is 5.73 Å². The van der Waals surface area contributed by atoms with Crippen molar-refractivity contribution in [3.05, 3.63) is 39.9 Å². The molecule has 0 saturated heterocycles. The van der Waals surface area contributed by atoms with Gasteiger partial charge in [0, 0.05) is 23.6 Å². The van der Waals surface area contributed by atoms with Gasteiger partial charge in [0.2, 0.25) is 5.91 Å². The Morgan fingerprint density at radius 3 is 2.15 bits per heavy atom. The summed E-state index contributed by atoms with van der Waals surface area (Å²) in [7, 11) is 2.10. The molecule has 11 heteroatoms. The Morgan fingerprint density at radius 2 is 1.70 bits per heavy atom. The van der Waals surface area contributed by atoms with Gasteiger partial charge < -0.3 is 20.5 Å². The number of nitro benzene ring substituents is 1. The van der Waals surface area contributed by atoms with Gasteiger partial charge >= 0.3 is 11.9 Å². The molecule has 1 aromatic rings. The minimum Gasteiger partial charge on any atom is -0.468 e. The highest BCUT2D eigenvalue weighted by Crippen LogP contribution is 2.20. The smallest absolute Gasteiger partial charge is 0.320 e. The van der Waals surface area contributed by atoms with Crippen LogP contribution < -0.4 is 11.1 Å². The van der Waals surface area contributed by atoms with E-state index in [0.29, 0.717) is 0 Å². The van der Waals surface area contributed by atoms with E-state index >= 15 is 0 Å². The lowest BCUT2D eigenvalue weighted by atomic mass is 9.86. The van der Waals surface area contributed by atoms with Crippen molar-refractivity contribution < 1.29 is 33.6 Å². The monoisotopic (exact) mass is 381 g/mol. The SMILES string of the molecule is COC(=O)C(C(=O)OC)[C@H](C)[C@H](NC(=O)c1cccc([N+](=O)[O-])c1)C(N)=O. The lowest BCUT2D eigenvalue weighted by Crippen LogP contribution is -2.52. The van der Waals surface area contributed by atoms with Crippen LogP contribution in [0.1, 0.15) is 17.3 Å². The number of nitrogens with one attached hydrogen (secondary N) is 1. The van der Waals surface area contributed by atoms with Crippen molar-refractivity contribution in [1.29, 1.82) is 0 Å².